The fraction of sp³-hybridized carbons (Fsp3) is 0.286. The Morgan fingerprint density at radius 2 is 1.64 bits per heavy atom. The molecule has 33 heavy (non-hydrogen) atoms. The third-order valence-electron chi connectivity index (χ3n) is 6.09. The Hall–Kier alpha value is -3.60. The number of benzene rings is 3. The molecule has 1 aliphatic heterocycles. The lowest BCUT2D eigenvalue weighted by atomic mass is 10.1. The van der Waals surface area contributed by atoms with Gasteiger partial charge in [0, 0.05) is 29.5 Å². The smallest absolute Gasteiger partial charge is 0.326 e. The molecule has 0 radical (unpaired) electrons. The van der Waals surface area contributed by atoms with Crippen molar-refractivity contribution in [2.45, 2.75) is 45.1 Å². The van der Waals surface area contributed by atoms with Gasteiger partial charge in [-0.3, -0.25) is 9.69 Å². The van der Waals surface area contributed by atoms with E-state index in [4.69, 9.17) is 0 Å². The van der Waals surface area contributed by atoms with Gasteiger partial charge >= 0.3 is 6.03 Å². The van der Waals surface area contributed by atoms with Gasteiger partial charge in [-0.25, -0.2) is 4.79 Å². The predicted octanol–water partition coefficient (Wildman–Crippen LogP) is 5.81. The highest BCUT2D eigenvalue weighted by molar-refractivity contribution is 6.02. The zero-order valence-electron chi connectivity index (χ0n) is 19.1. The second-order valence-electron chi connectivity index (χ2n) is 8.64. The maximum atomic E-state index is 13.0. The van der Waals surface area contributed by atoms with E-state index >= 15 is 0 Å². The highest BCUT2D eigenvalue weighted by Crippen LogP contribution is 2.26. The van der Waals surface area contributed by atoms with Crippen LogP contribution in [0.25, 0.3) is 0 Å². The van der Waals surface area contributed by atoms with Crippen molar-refractivity contribution in [3.8, 4) is 0 Å². The predicted molar refractivity (Wildman–Crippen MR) is 134 cm³/mol. The maximum Gasteiger partial charge on any atom is 0.326 e. The van der Waals surface area contributed by atoms with Crippen LogP contribution in [0.4, 0.5) is 16.2 Å². The highest BCUT2D eigenvalue weighted by atomic mass is 16.2. The summed E-state index contributed by atoms with van der Waals surface area (Å²) in [6.45, 7) is 2.72. The van der Waals surface area contributed by atoms with Gasteiger partial charge in [0.25, 0.3) is 5.91 Å². The number of urea groups is 1. The number of nitrogens with zero attached hydrogens (tertiary/aromatic N) is 1. The third-order valence-corrected chi connectivity index (χ3v) is 6.09. The lowest BCUT2D eigenvalue weighted by molar-refractivity contribution is 0.0938. The molecule has 5 heteroatoms. The Balaban J connectivity index is 1.32. The number of aryl methyl sites for hydroxylation is 2. The van der Waals surface area contributed by atoms with Gasteiger partial charge < -0.3 is 10.6 Å². The number of amides is 3. The Kier molecular flexibility index (Phi) is 7.40. The zero-order chi connectivity index (χ0) is 23.0. The van der Waals surface area contributed by atoms with Crippen molar-refractivity contribution in [3.05, 3.63) is 95.6 Å². The Labute approximate surface area is 195 Å². The molecular weight excluding hydrogens is 410 g/mol. The average molecular weight is 442 g/mol. The summed E-state index contributed by atoms with van der Waals surface area (Å²) in [6, 6.07) is 25.4. The topological polar surface area (TPSA) is 61.4 Å². The van der Waals surface area contributed by atoms with E-state index in [1.165, 1.54) is 11.1 Å². The molecule has 0 fully saturated rings. The number of hydrogen-bond acceptors (Lipinski definition) is 2. The highest BCUT2D eigenvalue weighted by Gasteiger charge is 2.21. The first-order valence-corrected chi connectivity index (χ1v) is 11.7. The van der Waals surface area contributed by atoms with Crippen molar-refractivity contribution in [1.29, 1.82) is 0 Å². The molecule has 0 bridgehead atoms. The third kappa shape index (κ3) is 6.01. The molecular formula is C28H31N3O2. The summed E-state index contributed by atoms with van der Waals surface area (Å²) in [5.74, 6) is -0.102. The van der Waals surface area contributed by atoms with Crippen LogP contribution in [-0.2, 0) is 12.8 Å². The van der Waals surface area contributed by atoms with Gasteiger partial charge in [0.05, 0.1) is 0 Å². The zero-order valence-corrected chi connectivity index (χ0v) is 19.1. The second-order valence-corrected chi connectivity index (χ2v) is 8.64. The average Bonchev–Trinajstić information content (AvgIpc) is 3.06. The van der Waals surface area contributed by atoms with Gasteiger partial charge in [-0.05, 0) is 80.5 Å². The number of hydrogen-bond donors (Lipinski definition) is 2. The Bertz CT molecular complexity index is 1080. The number of carbonyl (C=O) groups excluding carboxylic acids is 2. The van der Waals surface area contributed by atoms with Crippen molar-refractivity contribution in [2.75, 3.05) is 16.8 Å². The number of rotatable bonds is 6. The van der Waals surface area contributed by atoms with Crippen LogP contribution in [0.2, 0.25) is 0 Å². The fourth-order valence-electron chi connectivity index (χ4n) is 4.21. The monoisotopic (exact) mass is 441 g/mol. The molecule has 0 spiro atoms. The van der Waals surface area contributed by atoms with E-state index < -0.39 is 0 Å². The first kappa shape index (κ1) is 22.6. The molecule has 170 valence electrons. The van der Waals surface area contributed by atoms with E-state index in [-0.39, 0.29) is 18.0 Å². The minimum absolute atomic E-state index is 0.0696. The molecule has 0 aliphatic carbocycles. The minimum atomic E-state index is -0.143. The molecule has 0 aromatic heterocycles. The van der Waals surface area contributed by atoms with Crippen molar-refractivity contribution < 1.29 is 9.59 Å². The van der Waals surface area contributed by atoms with Gasteiger partial charge in [0.2, 0.25) is 0 Å². The Morgan fingerprint density at radius 1 is 0.909 bits per heavy atom. The number of fused-ring (bicyclic) bond motifs is 1. The summed E-state index contributed by atoms with van der Waals surface area (Å²) < 4.78 is 0. The maximum absolute atomic E-state index is 13.0. The van der Waals surface area contributed by atoms with Crippen LogP contribution in [0, 0.1) is 0 Å². The molecule has 3 amide bonds. The van der Waals surface area contributed by atoms with Crippen molar-refractivity contribution in [3.63, 3.8) is 0 Å². The number of para-hydroxylation sites is 1. The molecule has 0 unspecified atom stereocenters. The van der Waals surface area contributed by atoms with Crippen molar-refractivity contribution >= 4 is 23.3 Å². The molecule has 0 saturated carbocycles. The molecule has 1 heterocycles. The van der Waals surface area contributed by atoms with E-state index in [2.05, 4.69) is 28.8 Å². The normalized spacial score (nSPS) is 14.0. The summed E-state index contributed by atoms with van der Waals surface area (Å²) in [4.78, 5) is 27.4. The van der Waals surface area contributed by atoms with E-state index in [9.17, 15) is 9.59 Å². The SMILES string of the molecule is C[C@H](CCc1ccccc1)NC(=O)c1ccc(NC(=O)N2CCCCc3ccccc32)cc1. The molecule has 4 rings (SSSR count). The molecule has 3 aromatic carbocycles. The van der Waals surface area contributed by atoms with E-state index in [0.717, 1.165) is 37.8 Å². The molecule has 1 aliphatic rings. The van der Waals surface area contributed by atoms with Crippen molar-refractivity contribution in [1.82, 2.24) is 5.32 Å². The standard InChI is InChI=1S/C28H31N3O2/c1-21(14-15-22-9-3-2-4-10-22)29-27(32)24-16-18-25(19-17-24)30-28(33)31-20-8-7-12-23-11-5-6-13-26(23)31/h2-6,9-11,13,16-19,21H,7-8,12,14-15,20H2,1H3,(H,29,32)(H,30,33)/t21-/m1/s1. The van der Waals surface area contributed by atoms with Crippen LogP contribution < -0.4 is 15.5 Å². The van der Waals surface area contributed by atoms with E-state index in [1.54, 1.807) is 24.3 Å². The first-order valence-electron chi connectivity index (χ1n) is 11.7. The molecule has 1 atom stereocenters. The van der Waals surface area contributed by atoms with Crippen LogP contribution in [0.5, 0.6) is 0 Å². The second kappa shape index (κ2) is 10.8. The number of nitrogens with one attached hydrogen (secondary N) is 2. The molecule has 3 aromatic rings. The molecule has 0 saturated heterocycles. The minimum Gasteiger partial charge on any atom is -0.350 e. The lowest BCUT2D eigenvalue weighted by Gasteiger charge is -2.23. The van der Waals surface area contributed by atoms with Gasteiger partial charge in [-0.2, -0.15) is 0 Å². The summed E-state index contributed by atoms with van der Waals surface area (Å²) in [7, 11) is 0. The van der Waals surface area contributed by atoms with Gasteiger partial charge in [-0.15, -0.1) is 0 Å². The molecule has 2 N–H and O–H groups in total. The summed E-state index contributed by atoms with van der Waals surface area (Å²) >= 11 is 0. The number of carbonyl (C=O) groups is 2. The quantitative estimate of drug-likeness (QED) is 0.507. The summed E-state index contributed by atoms with van der Waals surface area (Å²) in [6.07, 6.45) is 4.85. The van der Waals surface area contributed by atoms with Gasteiger partial charge in [-0.1, -0.05) is 48.5 Å². The van der Waals surface area contributed by atoms with Crippen LogP contribution >= 0.6 is 0 Å². The van der Waals surface area contributed by atoms with Gasteiger partial charge in [0.1, 0.15) is 0 Å². The van der Waals surface area contributed by atoms with Gasteiger partial charge in [0.15, 0.2) is 0 Å². The van der Waals surface area contributed by atoms with E-state index in [0.29, 0.717) is 17.8 Å². The van der Waals surface area contributed by atoms with Crippen LogP contribution in [-0.4, -0.2) is 24.5 Å². The summed E-state index contributed by atoms with van der Waals surface area (Å²) in [5, 5.41) is 6.04. The van der Waals surface area contributed by atoms with Crippen LogP contribution in [0.3, 0.4) is 0 Å². The fourth-order valence-corrected chi connectivity index (χ4v) is 4.21. The first-order chi connectivity index (χ1) is 16.1. The number of anilines is 2. The van der Waals surface area contributed by atoms with E-state index in [1.807, 2.05) is 48.2 Å². The lowest BCUT2D eigenvalue weighted by Crippen LogP contribution is -2.35. The Morgan fingerprint density at radius 3 is 2.42 bits per heavy atom. The van der Waals surface area contributed by atoms with Crippen LogP contribution in [0.15, 0.2) is 78.9 Å². The molecule has 5 nitrogen and oxygen atoms in total. The summed E-state index contributed by atoms with van der Waals surface area (Å²) in [5.41, 5.74) is 4.72. The van der Waals surface area contributed by atoms with Crippen LogP contribution in [0.1, 0.15) is 47.7 Å². The largest absolute Gasteiger partial charge is 0.350 e. The van der Waals surface area contributed by atoms with Crippen molar-refractivity contribution in [2.24, 2.45) is 0 Å².